The Morgan fingerprint density at radius 3 is 2.75 bits per heavy atom. The monoisotopic (exact) mass is 422 g/mol. The van der Waals surface area contributed by atoms with Gasteiger partial charge in [-0.05, 0) is 49.1 Å². The Balaban J connectivity index is 1.71. The summed E-state index contributed by atoms with van der Waals surface area (Å²) in [5, 5.41) is 3.13. The Hall–Kier alpha value is -2.25. The quantitative estimate of drug-likeness (QED) is 0.775. The molecular weight excluding hydrogens is 400 g/mol. The highest BCUT2D eigenvalue weighted by Gasteiger charge is 2.27. The first-order valence-corrected chi connectivity index (χ1v) is 11.1. The molecule has 0 unspecified atom stereocenters. The molecule has 0 radical (unpaired) electrons. The zero-order valence-electron chi connectivity index (χ0n) is 15.7. The Labute approximate surface area is 170 Å². The van der Waals surface area contributed by atoms with Crippen LogP contribution in [0.2, 0.25) is 5.02 Å². The van der Waals surface area contributed by atoms with Crippen molar-refractivity contribution in [2.45, 2.75) is 19.3 Å². The van der Waals surface area contributed by atoms with Gasteiger partial charge in [0.05, 0.1) is 29.1 Å². The van der Waals surface area contributed by atoms with Crippen LogP contribution in [0.1, 0.15) is 28.8 Å². The summed E-state index contributed by atoms with van der Waals surface area (Å²) in [6, 6.07) is 12.4. The lowest BCUT2D eigenvalue weighted by Crippen LogP contribution is -2.38. The molecular formula is C20H23ClN2O4S. The molecule has 0 bridgehead atoms. The normalized spacial score (nSPS) is 15.9. The number of sulfonamides is 1. The van der Waals surface area contributed by atoms with Gasteiger partial charge in [0.15, 0.2) is 0 Å². The first-order chi connectivity index (χ1) is 13.4. The van der Waals surface area contributed by atoms with E-state index in [1.165, 1.54) is 4.31 Å². The van der Waals surface area contributed by atoms with Crippen LogP contribution in [0.15, 0.2) is 42.5 Å². The maximum Gasteiger partial charge on any atom is 0.252 e. The molecule has 0 aromatic heterocycles. The average molecular weight is 423 g/mol. The number of hydrogen-bond acceptors (Lipinski definition) is 4. The van der Waals surface area contributed by atoms with Gasteiger partial charge in [-0.2, -0.15) is 0 Å². The van der Waals surface area contributed by atoms with Crippen molar-refractivity contribution in [2.24, 2.45) is 0 Å². The lowest BCUT2D eigenvalue weighted by atomic mass is 10.1. The number of carbonyl (C=O) groups excluding carboxylic acids is 1. The van der Waals surface area contributed by atoms with E-state index in [-0.39, 0.29) is 22.2 Å². The number of anilines is 1. The second kappa shape index (κ2) is 8.84. The van der Waals surface area contributed by atoms with Gasteiger partial charge in [-0.3, -0.25) is 9.10 Å². The third-order valence-corrected chi connectivity index (χ3v) is 6.90. The van der Waals surface area contributed by atoms with Gasteiger partial charge in [-0.25, -0.2) is 8.42 Å². The van der Waals surface area contributed by atoms with Crippen molar-refractivity contribution >= 4 is 33.2 Å². The fourth-order valence-corrected chi connectivity index (χ4v) is 5.07. The number of carbonyl (C=O) groups is 1. The topological polar surface area (TPSA) is 75.7 Å². The number of amides is 1. The van der Waals surface area contributed by atoms with Crippen LogP contribution in [0.5, 0.6) is 5.75 Å². The largest absolute Gasteiger partial charge is 0.496 e. The Morgan fingerprint density at radius 1 is 1.21 bits per heavy atom. The molecule has 150 valence electrons. The van der Waals surface area contributed by atoms with Crippen molar-refractivity contribution < 1.29 is 17.9 Å². The highest BCUT2D eigenvalue weighted by Crippen LogP contribution is 2.28. The van der Waals surface area contributed by atoms with Crippen molar-refractivity contribution in [2.75, 3.05) is 30.3 Å². The van der Waals surface area contributed by atoms with E-state index in [4.69, 9.17) is 16.3 Å². The average Bonchev–Trinajstić information content (AvgIpc) is 2.68. The van der Waals surface area contributed by atoms with Gasteiger partial charge in [-0.1, -0.05) is 29.8 Å². The summed E-state index contributed by atoms with van der Waals surface area (Å²) in [5.41, 5.74) is 1.73. The molecule has 2 aromatic carbocycles. The first-order valence-electron chi connectivity index (χ1n) is 9.12. The summed E-state index contributed by atoms with van der Waals surface area (Å²) >= 11 is 6.20. The Kier molecular flexibility index (Phi) is 6.46. The molecule has 0 spiro atoms. The number of rotatable bonds is 6. The lowest BCUT2D eigenvalue weighted by molar-refractivity contribution is 0.0954. The fourth-order valence-electron chi connectivity index (χ4n) is 3.24. The molecule has 0 saturated carbocycles. The van der Waals surface area contributed by atoms with E-state index < -0.39 is 10.0 Å². The number of nitrogens with one attached hydrogen (secondary N) is 1. The molecule has 1 fully saturated rings. The summed E-state index contributed by atoms with van der Waals surface area (Å²) in [4.78, 5) is 12.6. The zero-order valence-corrected chi connectivity index (χ0v) is 17.2. The summed E-state index contributed by atoms with van der Waals surface area (Å²) in [6.45, 7) is 0.820. The number of ether oxygens (including phenoxy) is 1. The van der Waals surface area contributed by atoms with E-state index in [2.05, 4.69) is 5.32 Å². The SMILES string of the molecule is COc1ccccc1CCNC(=O)c1cc(N2CCCCS2(=O)=O)ccc1Cl. The molecule has 1 N–H and O–H groups in total. The Bertz CT molecular complexity index is 962. The lowest BCUT2D eigenvalue weighted by Gasteiger charge is -2.28. The van der Waals surface area contributed by atoms with Crippen LogP contribution in [0.4, 0.5) is 5.69 Å². The number of nitrogens with zero attached hydrogens (tertiary/aromatic N) is 1. The van der Waals surface area contributed by atoms with Crippen molar-refractivity contribution in [1.82, 2.24) is 5.32 Å². The zero-order chi connectivity index (χ0) is 20.1. The molecule has 1 aliphatic rings. The van der Waals surface area contributed by atoms with E-state index in [0.29, 0.717) is 31.6 Å². The second-order valence-corrected chi connectivity index (χ2v) is 9.00. The van der Waals surface area contributed by atoms with E-state index in [1.54, 1.807) is 25.3 Å². The van der Waals surface area contributed by atoms with E-state index in [0.717, 1.165) is 17.7 Å². The van der Waals surface area contributed by atoms with Crippen LogP contribution in [0.25, 0.3) is 0 Å². The van der Waals surface area contributed by atoms with Crippen molar-refractivity contribution in [1.29, 1.82) is 0 Å². The van der Waals surface area contributed by atoms with Gasteiger partial charge in [0.2, 0.25) is 10.0 Å². The molecule has 1 saturated heterocycles. The van der Waals surface area contributed by atoms with Crippen molar-refractivity contribution in [3.05, 3.63) is 58.6 Å². The van der Waals surface area contributed by atoms with Gasteiger partial charge in [-0.15, -0.1) is 0 Å². The van der Waals surface area contributed by atoms with Gasteiger partial charge >= 0.3 is 0 Å². The van der Waals surface area contributed by atoms with Crippen LogP contribution in [0.3, 0.4) is 0 Å². The van der Waals surface area contributed by atoms with E-state index in [1.807, 2.05) is 24.3 Å². The van der Waals surface area contributed by atoms with Gasteiger partial charge in [0, 0.05) is 13.1 Å². The number of hydrogen-bond donors (Lipinski definition) is 1. The maximum atomic E-state index is 12.6. The molecule has 1 aliphatic heterocycles. The van der Waals surface area contributed by atoms with Crippen LogP contribution in [0, 0.1) is 0 Å². The minimum absolute atomic E-state index is 0.121. The van der Waals surface area contributed by atoms with E-state index in [9.17, 15) is 13.2 Å². The standard InChI is InChI=1S/C20H23ClN2O4S/c1-27-19-7-3-2-6-15(19)10-11-22-20(24)17-14-16(8-9-18(17)21)23-12-4-5-13-28(23,25)26/h2-3,6-9,14H,4-5,10-13H2,1H3,(H,22,24). The first kappa shape index (κ1) is 20.5. The van der Waals surface area contributed by atoms with Crippen LogP contribution < -0.4 is 14.4 Å². The smallest absolute Gasteiger partial charge is 0.252 e. The summed E-state index contributed by atoms with van der Waals surface area (Å²) in [7, 11) is -1.74. The van der Waals surface area contributed by atoms with Gasteiger partial charge < -0.3 is 10.1 Å². The molecule has 1 heterocycles. The summed E-state index contributed by atoms with van der Waals surface area (Å²) in [6.07, 6.45) is 2.05. The number of benzene rings is 2. The molecule has 0 aliphatic carbocycles. The van der Waals surface area contributed by atoms with Crippen molar-refractivity contribution in [3.63, 3.8) is 0 Å². The minimum Gasteiger partial charge on any atom is -0.496 e. The van der Waals surface area contributed by atoms with E-state index >= 15 is 0 Å². The highest BCUT2D eigenvalue weighted by molar-refractivity contribution is 7.92. The van der Waals surface area contributed by atoms with Crippen LogP contribution in [-0.2, 0) is 16.4 Å². The molecule has 28 heavy (non-hydrogen) atoms. The third kappa shape index (κ3) is 4.59. The third-order valence-electron chi connectivity index (χ3n) is 4.70. The van der Waals surface area contributed by atoms with Crippen LogP contribution >= 0.6 is 11.6 Å². The van der Waals surface area contributed by atoms with Gasteiger partial charge in [0.25, 0.3) is 5.91 Å². The minimum atomic E-state index is -3.35. The number of halogens is 1. The molecule has 2 aromatic rings. The van der Waals surface area contributed by atoms with Crippen molar-refractivity contribution in [3.8, 4) is 5.75 Å². The molecule has 3 rings (SSSR count). The molecule has 1 amide bonds. The molecule has 8 heteroatoms. The summed E-state index contributed by atoms with van der Waals surface area (Å²) < 4.78 is 31.3. The number of methoxy groups -OCH3 is 1. The molecule has 6 nitrogen and oxygen atoms in total. The molecule has 0 atom stereocenters. The summed E-state index contributed by atoms with van der Waals surface area (Å²) in [5.74, 6) is 0.555. The van der Waals surface area contributed by atoms with Crippen LogP contribution in [-0.4, -0.2) is 40.3 Å². The highest BCUT2D eigenvalue weighted by atomic mass is 35.5. The number of para-hydroxylation sites is 1. The fraction of sp³-hybridized carbons (Fsp3) is 0.350. The second-order valence-electron chi connectivity index (χ2n) is 6.58. The predicted octanol–water partition coefficient (Wildman–Crippen LogP) is 3.25. The Morgan fingerprint density at radius 2 is 2.00 bits per heavy atom. The maximum absolute atomic E-state index is 12.6. The van der Waals surface area contributed by atoms with Gasteiger partial charge in [0.1, 0.15) is 5.75 Å². The predicted molar refractivity (Wildman–Crippen MR) is 111 cm³/mol.